The molecule has 0 amide bonds. The lowest BCUT2D eigenvalue weighted by Crippen LogP contribution is -1.90. The topological polar surface area (TPSA) is 0 Å². The van der Waals surface area contributed by atoms with E-state index >= 15 is 0 Å². The molecule has 0 atom stereocenters. The molecule has 0 aromatic heterocycles. The van der Waals surface area contributed by atoms with Crippen molar-refractivity contribution < 1.29 is 0 Å². The molecule has 0 spiro atoms. The lowest BCUT2D eigenvalue weighted by molar-refractivity contribution is 0.547. The minimum atomic E-state index is 1.21. The van der Waals surface area contributed by atoms with E-state index in [0.717, 1.165) is 0 Å². The zero-order valence-electron chi connectivity index (χ0n) is 23.8. The Morgan fingerprint density at radius 2 is 0.886 bits per heavy atom. The van der Waals surface area contributed by atoms with E-state index < -0.39 is 0 Å². The minimum absolute atomic E-state index is 1.21. The summed E-state index contributed by atoms with van der Waals surface area (Å²) >= 11 is 0. The van der Waals surface area contributed by atoms with Gasteiger partial charge in [-0.2, -0.15) is 0 Å². The summed E-state index contributed by atoms with van der Waals surface area (Å²) in [5.41, 5.74) is 5.07. The SMILES string of the molecule is CCCCCCCCCCCCCC1=CCC=C1CCCCCCCCCCCCC1=CC=CC1. The fraction of sp³-hybridized carbons (Fsp3) is 0.771. The Kier molecular flexibility index (Phi) is 19.1. The second-order valence-corrected chi connectivity index (χ2v) is 11.5. The number of rotatable bonds is 25. The monoisotopic (exact) mass is 480 g/mol. The predicted molar refractivity (Wildman–Crippen MR) is 159 cm³/mol. The van der Waals surface area contributed by atoms with Gasteiger partial charge in [0, 0.05) is 0 Å². The lowest BCUT2D eigenvalue weighted by atomic mass is 9.96. The summed E-state index contributed by atoms with van der Waals surface area (Å²) in [7, 11) is 0. The molecule has 2 aliphatic rings. The van der Waals surface area contributed by atoms with Gasteiger partial charge in [0.15, 0.2) is 0 Å². The highest BCUT2D eigenvalue weighted by atomic mass is 14.1. The van der Waals surface area contributed by atoms with Gasteiger partial charge in [0.2, 0.25) is 0 Å². The maximum atomic E-state index is 2.52. The van der Waals surface area contributed by atoms with Crippen molar-refractivity contribution in [1.29, 1.82) is 0 Å². The number of hydrogen-bond donors (Lipinski definition) is 0. The molecule has 0 nitrogen and oxygen atoms in total. The Hall–Kier alpha value is -1.04. The third-order valence-electron chi connectivity index (χ3n) is 8.23. The Balaban J connectivity index is 1.31. The third-order valence-corrected chi connectivity index (χ3v) is 8.23. The average Bonchev–Trinajstić information content (AvgIpc) is 3.55. The maximum absolute atomic E-state index is 2.52. The van der Waals surface area contributed by atoms with Gasteiger partial charge < -0.3 is 0 Å². The zero-order valence-corrected chi connectivity index (χ0v) is 23.8. The summed E-state index contributed by atoms with van der Waals surface area (Å²) in [5.74, 6) is 0. The zero-order chi connectivity index (χ0) is 24.7. The first-order valence-corrected chi connectivity index (χ1v) is 16.1. The van der Waals surface area contributed by atoms with Crippen LogP contribution in [0.2, 0.25) is 0 Å². The van der Waals surface area contributed by atoms with Crippen LogP contribution in [-0.2, 0) is 0 Å². The fourth-order valence-corrected chi connectivity index (χ4v) is 5.87. The van der Waals surface area contributed by atoms with Crippen molar-refractivity contribution in [2.45, 2.75) is 174 Å². The van der Waals surface area contributed by atoms with E-state index in [1.165, 1.54) is 167 Å². The van der Waals surface area contributed by atoms with Gasteiger partial charge in [0.25, 0.3) is 0 Å². The summed E-state index contributed by atoms with van der Waals surface area (Å²) in [5, 5.41) is 0. The second kappa shape index (κ2) is 22.2. The molecule has 0 N–H and O–H groups in total. The van der Waals surface area contributed by atoms with Gasteiger partial charge in [0.1, 0.15) is 0 Å². The smallest absolute Gasteiger partial charge is 0.0133 e. The largest absolute Gasteiger partial charge is 0.0805 e. The molecule has 0 unspecified atom stereocenters. The van der Waals surface area contributed by atoms with Gasteiger partial charge >= 0.3 is 0 Å². The van der Waals surface area contributed by atoms with Crippen molar-refractivity contribution in [1.82, 2.24) is 0 Å². The highest BCUT2D eigenvalue weighted by Crippen LogP contribution is 2.29. The van der Waals surface area contributed by atoms with Gasteiger partial charge in [-0.1, -0.05) is 158 Å². The van der Waals surface area contributed by atoms with Crippen molar-refractivity contribution in [2.24, 2.45) is 0 Å². The van der Waals surface area contributed by atoms with Crippen LogP contribution in [0.3, 0.4) is 0 Å². The van der Waals surface area contributed by atoms with E-state index in [0.29, 0.717) is 0 Å². The van der Waals surface area contributed by atoms with E-state index in [9.17, 15) is 0 Å². The average molecular weight is 481 g/mol. The van der Waals surface area contributed by atoms with Crippen LogP contribution in [-0.4, -0.2) is 0 Å². The van der Waals surface area contributed by atoms with Crippen LogP contribution in [0.5, 0.6) is 0 Å². The van der Waals surface area contributed by atoms with Crippen LogP contribution in [0.1, 0.15) is 174 Å². The van der Waals surface area contributed by atoms with Crippen LogP contribution >= 0.6 is 0 Å². The maximum Gasteiger partial charge on any atom is -0.0133 e. The number of allylic oxidation sites excluding steroid dienone is 8. The Bertz CT molecular complexity index is 614. The molecule has 0 radical (unpaired) electrons. The Labute approximate surface area is 220 Å². The molecule has 0 saturated heterocycles. The first-order chi connectivity index (χ1) is 17.4. The first kappa shape index (κ1) is 30.2. The molecule has 2 rings (SSSR count). The van der Waals surface area contributed by atoms with Gasteiger partial charge in [-0.05, 0) is 62.5 Å². The predicted octanol–water partition coefficient (Wildman–Crippen LogP) is 12.5. The third kappa shape index (κ3) is 16.3. The molecule has 0 saturated carbocycles. The van der Waals surface area contributed by atoms with Crippen molar-refractivity contribution >= 4 is 0 Å². The molecule has 0 fully saturated rings. The number of unbranched alkanes of at least 4 members (excludes halogenated alkanes) is 19. The molecular formula is C35H60. The summed E-state index contributed by atoms with van der Waals surface area (Å²) < 4.78 is 0. The van der Waals surface area contributed by atoms with Crippen molar-refractivity contribution in [3.63, 3.8) is 0 Å². The summed E-state index contributed by atoms with van der Waals surface area (Å²) in [4.78, 5) is 0. The summed E-state index contributed by atoms with van der Waals surface area (Å²) in [6.07, 6.45) is 48.6. The molecule has 0 aromatic carbocycles. The van der Waals surface area contributed by atoms with Crippen molar-refractivity contribution in [3.05, 3.63) is 47.1 Å². The highest BCUT2D eigenvalue weighted by Gasteiger charge is 2.09. The molecule has 0 bridgehead atoms. The van der Waals surface area contributed by atoms with E-state index in [-0.39, 0.29) is 0 Å². The summed E-state index contributed by atoms with van der Waals surface area (Å²) in [6, 6.07) is 0. The van der Waals surface area contributed by atoms with Gasteiger partial charge in [-0.15, -0.1) is 0 Å². The number of hydrogen-bond acceptors (Lipinski definition) is 0. The Morgan fingerprint density at radius 1 is 0.486 bits per heavy atom. The standard InChI is InChI=1S/C35H60/c1-2-3-4-5-6-7-8-12-15-18-21-29-34-31-25-32-35(34)30-22-19-16-13-10-9-11-14-17-20-26-33-27-23-24-28-33/h23-24,27,31-32H,2-22,25-26,28-30H2,1H3. The minimum Gasteiger partial charge on any atom is -0.0805 e. The van der Waals surface area contributed by atoms with Crippen LogP contribution in [0.25, 0.3) is 0 Å². The van der Waals surface area contributed by atoms with Crippen LogP contribution in [0, 0.1) is 0 Å². The molecular weight excluding hydrogens is 420 g/mol. The van der Waals surface area contributed by atoms with E-state index in [1.807, 2.05) is 0 Å². The normalized spacial score (nSPS) is 15.1. The molecule has 2 aliphatic carbocycles. The van der Waals surface area contributed by atoms with E-state index in [1.54, 1.807) is 16.7 Å². The lowest BCUT2D eigenvalue weighted by Gasteiger charge is -2.09. The second-order valence-electron chi connectivity index (χ2n) is 11.5. The van der Waals surface area contributed by atoms with Gasteiger partial charge in [0.05, 0.1) is 0 Å². The molecule has 200 valence electrons. The fourth-order valence-electron chi connectivity index (χ4n) is 5.87. The van der Waals surface area contributed by atoms with E-state index in [4.69, 9.17) is 0 Å². The van der Waals surface area contributed by atoms with Crippen LogP contribution in [0.4, 0.5) is 0 Å². The molecule has 0 aliphatic heterocycles. The highest BCUT2D eigenvalue weighted by molar-refractivity contribution is 5.36. The van der Waals surface area contributed by atoms with Gasteiger partial charge in [-0.3, -0.25) is 0 Å². The van der Waals surface area contributed by atoms with E-state index in [2.05, 4.69) is 37.3 Å². The Morgan fingerprint density at radius 3 is 1.29 bits per heavy atom. The van der Waals surface area contributed by atoms with Crippen molar-refractivity contribution in [2.75, 3.05) is 0 Å². The first-order valence-electron chi connectivity index (χ1n) is 16.1. The van der Waals surface area contributed by atoms with Gasteiger partial charge in [-0.25, -0.2) is 0 Å². The molecule has 0 heteroatoms. The molecule has 35 heavy (non-hydrogen) atoms. The summed E-state index contributed by atoms with van der Waals surface area (Å²) in [6.45, 7) is 2.31. The van der Waals surface area contributed by atoms with Crippen LogP contribution < -0.4 is 0 Å². The molecule has 0 aromatic rings. The van der Waals surface area contributed by atoms with Crippen molar-refractivity contribution in [3.8, 4) is 0 Å². The molecule has 0 heterocycles. The van der Waals surface area contributed by atoms with Crippen LogP contribution in [0.15, 0.2) is 47.1 Å². The quantitative estimate of drug-likeness (QED) is 0.114.